The van der Waals surface area contributed by atoms with E-state index >= 15 is 0 Å². The predicted molar refractivity (Wildman–Crippen MR) is 94.9 cm³/mol. The van der Waals surface area contributed by atoms with E-state index in [1.165, 1.54) is 0 Å². The monoisotopic (exact) mass is 320 g/mol. The zero-order valence-electron chi connectivity index (χ0n) is 14.0. The molecule has 0 aliphatic heterocycles. The molecule has 5 heteroatoms. The molecule has 0 atom stereocenters. The Labute approximate surface area is 141 Å². The zero-order valence-corrected chi connectivity index (χ0v) is 14.0. The summed E-state index contributed by atoms with van der Waals surface area (Å²) in [5.41, 5.74) is 1.86. The van der Waals surface area contributed by atoms with Crippen molar-refractivity contribution in [2.45, 2.75) is 20.8 Å². The number of amides is 1. The van der Waals surface area contributed by atoms with Crippen LogP contribution in [-0.2, 0) is 4.79 Å². The van der Waals surface area contributed by atoms with Crippen LogP contribution in [0.1, 0.15) is 20.8 Å². The Hall–Kier alpha value is -2.95. The number of anilines is 1. The first-order chi connectivity index (χ1) is 11.4. The molecule has 1 N–H and O–H groups in total. The fourth-order valence-corrected chi connectivity index (χ4v) is 2.18. The first kappa shape index (κ1) is 15.9. The van der Waals surface area contributed by atoms with Gasteiger partial charge in [-0.1, -0.05) is 45.0 Å². The second-order valence-electron chi connectivity index (χ2n) is 6.58. The maximum absolute atomic E-state index is 12.4. The van der Waals surface area contributed by atoms with E-state index in [1.807, 2.05) is 75.4 Å². The molecule has 0 aliphatic rings. The molecule has 0 aliphatic carbocycles. The van der Waals surface area contributed by atoms with Crippen molar-refractivity contribution in [3.63, 3.8) is 0 Å². The third-order valence-electron chi connectivity index (χ3n) is 3.56. The molecule has 0 bridgehead atoms. The van der Waals surface area contributed by atoms with Crippen LogP contribution in [0.3, 0.4) is 0 Å². The Morgan fingerprint density at radius 1 is 1.00 bits per heavy atom. The summed E-state index contributed by atoms with van der Waals surface area (Å²) in [5.74, 6) is 0.564. The van der Waals surface area contributed by atoms with Crippen LogP contribution >= 0.6 is 0 Å². The van der Waals surface area contributed by atoms with Gasteiger partial charge in [-0.25, -0.2) is 4.68 Å². The maximum Gasteiger partial charge on any atom is 0.230 e. The largest absolute Gasteiger partial charge is 0.310 e. The minimum Gasteiger partial charge on any atom is -0.310 e. The number of hydrogen-bond acceptors (Lipinski definition) is 3. The third-order valence-corrected chi connectivity index (χ3v) is 3.56. The van der Waals surface area contributed by atoms with Gasteiger partial charge in [0.1, 0.15) is 11.5 Å². The van der Waals surface area contributed by atoms with Crippen LogP contribution in [0.25, 0.3) is 17.1 Å². The molecule has 0 saturated carbocycles. The number of aromatic nitrogens is 3. The number of rotatable bonds is 3. The Bertz CT molecular complexity index is 833. The van der Waals surface area contributed by atoms with Gasteiger partial charge in [0.05, 0.1) is 11.4 Å². The summed E-state index contributed by atoms with van der Waals surface area (Å²) in [6, 6.07) is 17.2. The molecule has 3 aromatic rings. The molecule has 1 amide bonds. The van der Waals surface area contributed by atoms with E-state index in [4.69, 9.17) is 0 Å². The average molecular weight is 320 g/mol. The zero-order chi connectivity index (χ0) is 17.2. The molecule has 0 fully saturated rings. The molecule has 0 saturated heterocycles. The average Bonchev–Trinajstić information content (AvgIpc) is 2.99. The highest BCUT2D eigenvalue weighted by atomic mass is 16.2. The van der Waals surface area contributed by atoms with Gasteiger partial charge in [-0.2, -0.15) is 5.10 Å². The molecule has 0 spiro atoms. The summed E-state index contributed by atoms with van der Waals surface area (Å²) in [6.45, 7) is 5.64. The number of hydrogen-bond donors (Lipinski definition) is 1. The molecule has 122 valence electrons. The van der Waals surface area contributed by atoms with Crippen LogP contribution in [0, 0.1) is 5.41 Å². The van der Waals surface area contributed by atoms with E-state index < -0.39 is 5.41 Å². The van der Waals surface area contributed by atoms with E-state index in [1.54, 1.807) is 10.9 Å². The number of carbonyl (C=O) groups is 1. The lowest BCUT2D eigenvalue weighted by Crippen LogP contribution is -2.28. The third kappa shape index (κ3) is 3.35. The van der Waals surface area contributed by atoms with E-state index in [0.29, 0.717) is 11.5 Å². The summed E-state index contributed by atoms with van der Waals surface area (Å²) in [6.07, 6.45) is 1.73. The van der Waals surface area contributed by atoms with E-state index in [2.05, 4.69) is 15.4 Å². The minimum absolute atomic E-state index is 0.0628. The van der Waals surface area contributed by atoms with Crippen LogP contribution in [0.5, 0.6) is 0 Å². The van der Waals surface area contributed by atoms with Crippen LogP contribution in [0.15, 0.2) is 60.8 Å². The standard InChI is InChI=1S/C19H20N4O/c1-19(2,3)18(24)21-17-13-16(15-11-7-8-12-20-15)22-23(17)14-9-5-4-6-10-14/h4-13H,1-3H3,(H,21,24). The summed E-state index contributed by atoms with van der Waals surface area (Å²) >= 11 is 0. The molecule has 5 nitrogen and oxygen atoms in total. The second kappa shape index (κ2) is 6.28. The van der Waals surface area contributed by atoms with Crippen molar-refractivity contribution < 1.29 is 4.79 Å². The van der Waals surface area contributed by atoms with Gasteiger partial charge < -0.3 is 5.32 Å². The van der Waals surface area contributed by atoms with E-state index in [9.17, 15) is 4.79 Å². The van der Waals surface area contributed by atoms with Crippen molar-refractivity contribution in [2.75, 3.05) is 5.32 Å². The normalized spacial score (nSPS) is 11.3. The molecule has 2 aromatic heterocycles. The number of nitrogens with one attached hydrogen (secondary N) is 1. The van der Waals surface area contributed by atoms with Gasteiger partial charge in [-0.05, 0) is 24.3 Å². The highest BCUT2D eigenvalue weighted by Crippen LogP contribution is 2.25. The smallest absolute Gasteiger partial charge is 0.230 e. The molecule has 0 unspecified atom stereocenters. The van der Waals surface area contributed by atoms with Crippen LogP contribution in [0.2, 0.25) is 0 Å². The summed E-state index contributed by atoms with van der Waals surface area (Å²) in [5, 5.41) is 7.60. The summed E-state index contributed by atoms with van der Waals surface area (Å²) in [4.78, 5) is 16.7. The van der Waals surface area contributed by atoms with Crippen molar-refractivity contribution in [1.29, 1.82) is 0 Å². The van der Waals surface area contributed by atoms with Gasteiger partial charge in [-0.3, -0.25) is 9.78 Å². The van der Waals surface area contributed by atoms with Crippen LogP contribution in [-0.4, -0.2) is 20.7 Å². The predicted octanol–water partition coefficient (Wildman–Crippen LogP) is 3.92. The molecule has 1 aromatic carbocycles. The number of pyridine rings is 1. The highest BCUT2D eigenvalue weighted by Gasteiger charge is 2.23. The minimum atomic E-state index is -0.489. The lowest BCUT2D eigenvalue weighted by atomic mass is 9.96. The van der Waals surface area contributed by atoms with Crippen molar-refractivity contribution in [3.8, 4) is 17.1 Å². The Morgan fingerprint density at radius 2 is 1.71 bits per heavy atom. The van der Waals surface area contributed by atoms with E-state index in [-0.39, 0.29) is 5.91 Å². The molecular weight excluding hydrogens is 300 g/mol. The Kier molecular flexibility index (Phi) is 4.16. The molecular formula is C19H20N4O. The topological polar surface area (TPSA) is 59.8 Å². The first-order valence-corrected chi connectivity index (χ1v) is 7.83. The summed E-state index contributed by atoms with van der Waals surface area (Å²) in [7, 11) is 0. The first-order valence-electron chi connectivity index (χ1n) is 7.83. The Balaban J connectivity index is 2.05. The molecule has 3 rings (SSSR count). The highest BCUT2D eigenvalue weighted by molar-refractivity contribution is 5.94. The van der Waals surface area contributed by atoms with E-state index in [0.717, 1.165) is 11.4 Å². The lowest BCUT2D eigenvalue weighted by molar-refractivity contribution is -0.123. The number of para-hydroxylation sites is 1. The fourth-order valence-electron chi connectivity index (χ4n) is 2.18. The SMILES string of the molecule is CC(C)(C)C(=O)Nc1cc(-c2ccccn2)nn1-c1ccccc1. The van der Waals surface area contributed by atoms with Crippen molar-refractivity contribution >= 4 is 11.7 Å². The van der Waals surface area contributed by atoms with Crippen LogP contribution in [0.4, 0.5) is 5.82 Å². The van der Waals surface area contributed by atoms with Crippen molar-refractivity contribution in [3.05, 3.63) is 60.8 Å². The van der Waals surface area contributed by atoms with Crippen molar-refractivity contribution in [2.24, 2.45) is 5.41 Å². The van der Waals surface area contributed by atoms with Gasteiger partial charge in [-0.15, -0.1) is 0 Å². The molecule has 2 heterocycles. The number of nitrogens with zero attached hydrogens (tertiary/aromatic N) is 3. The number of carbonyl (C=O) groups excluding carboxylic acids is 1. The van der Waals surface area contributed by atoms with Gasteiger partial charge in [0.2, 0.25) is 5.91 Å². The fraction of sp³-hybridized carbons (Fsp3) is 0.211. The number of benzene rings is 1. The Morgan fingerprint density at radius 3 is 2.33 bits per heavy atom. The molecule has 0 radical (unpaired) electrons. The quantitative estimate of drug-likeness (QED) is 0.795. The lowest BCUT2D eigenvalue weighted by Gasteiger charge is -2.18. The molecule has 24 heavy (non-hydrogen) atoms. The maximum atomic E-state index is 12.4. The van der Waals surface area contributed by atoms with Gasteiger partial charge in [0, 0.05) is 17.7 Å². The van der Waals surface area contributed by atoms with Crippen molar-refractivity contribution in [1.82, 2.24) is 14.8 Å². The van der Waals surface area contributed by atoms with Gasteiger partial charge in [0.25, 0.3) is 0 Å². The summed E-state index contributed by atoms with van der Waals surface area (Å²) < 4.78 is 1.73. The van der Waals surface area contributed by atoms with Gasteiger partial charge >= 0.3 is 0 Å². The van der Waals surface area contributed by atoms with Gasteiger partial charge in [0.15, 0.2) is 0 Å². The van der Waals surface area contributed by atoms with Crippen LogP contribution < -0.4 is 5.32 Å². The second-order valence-corrected chi connectivity index (χ2v) is 6.58.